The number of hydrogen-bond donors (Lipinski definition) is 2. The highest BCUT2D eigenvalue weighted by atomic mass is 32.1. The van der Waals surface area contributed by atoms with Crippen LogP contribution in [0.4, 0.5) is 0 Å². The zero-order valence-electron chi connectivity index (χ0n) is 7.73. The van der Waals surface area contributed by atoms with Gasteiger partial charge in [0, 0.05) is 5.56 Å². The monoisotopic (exact) mass is 209 g/mol. The molecule has 0 spiro atoms. The molecule has 0 saturated carbocycles. The number of nitrogens with zero attached hydrogens (tertiary/aromatic N) is 1. The maximum absolute atomic E-state index is 11.6. The molecule has 0 heterocycles. The first kappa shape index (κ1) is 10.6. The second-order valence-electron chi connectivity index (χ2n) is 2.88. The quantitative estimate of drug-likeness (QED) is 0.307. The Morgan fingerprint density at radius 3 is 2.64 bits per heavy atom. The van der Waals surface area contributed by atoms with Gasteiger partial charge >= 0.3 is 0 Å². The summed E-state index contributed by atoms with van der Waals surface area (Å²) in [6, 6.07) is 7.04. The molecule has 0 atom stereocenters. The maximum atomic E-state index is 11.6. The highest BCUT2D eigenvalue weighted by molar-refractivity contribution is 7.80. The van der Waals surface area contributed by atoms with E-state index in [1.807, 2.05) is 13.0 Å². The van der Waals surface area contributed by atoms with Crippen molar-refractivity contribution in [3.63, 3.8) is 0 Å². The van der Waals surface area contributed by atoms with Gasteiger partial charge in [0.25, 0.3) is 5.91 Å². The van der Waals surface area contributed by atoms with Crippen LogP contribution in [0.2, 0.25) is 0 Å². The number of aryl methyl sites for hydroxylation is 1. The number of carbonyl (C=O) groups excluding carboxylic acids is 1. The lowest BCUT2D eigenvalue weighted by Gasteiger charge is -2.13. The normalized spacial score (nSPS) is 9.57. The molecule has 1 aromatic rings. The van der Waals surface area contributed by atoms with Crippen molar-refractivity contribution in [3.8, 4) is 0 Å². The van der Waals surface area contributed by atoms with Crippen LogP contribution in [0.5, 0.6) is 0 Å². The zero-order valence-corrected chi connectivity index (χ0v) is 8.54. The van der Waals surface area contributed by atoms with Gasteiger partial charge in [-0.1, -0.05) is 17.7 Å². The SMILES string of the molecule is Cc1cccc(C(=O)N(N)C(N)=S)c1. The number of thiocarbonyl (C=S) groups is 1. The Balaban J connectivity index is 2.95. The molecular formula is C9H11N3OS. The number of rotatable bonds is 1. The molecule has 0 saturated heterocycles. The van der Waals surface area contributed by atoms with Crippen molar-refractivity contribution < 1.29 is 4.79 Å². The van der Waals surface area contributed by atoms with Gasteiger partial charge in [0.15, 0.2) is 5.11 Å². The minimum Gasteiger partial charge on any atom is -0.375 e. The van der Waals surface area contributed by atoms with Crippen LogP contribution in [-0.2, 0) is 0 Å². The van der Waals surface area contributed by atoms with E-state index in [0.29, 0.717) is 5.56 Å². The van der Waals surface area contributed by atoms with Gasteiger partial charge < -0.3 is 5.73 Å². The summed E-state index contributed by atoms with van der Waals surface area (Å²) in [5.41, 5.74) is 6.68. The summed E-state index contributed by atoms with van der Waals surface area (Å²) in [7, 11) is 0. The standard InChI is InChI=1S/C9H11N3OS/c1-6-3-2-4-7(5-6)8(13)12(11)9(10)14/h2-5H,11H2,1H3,(H2,10,14). The van der Waals surface area contributed by atoms with Gasteiger partial charge in [-0.15, -0.1) is 0 Å². The molecule has 0 aliphatic rings. The van der Waals surface area contributed by atoms with Crippen LogP contribution in [-0.4, -0.2) is 16.0 Å². The van der Waals surface area contributed by atoms with Crippen LogP contribution in [0.15, 0.2) is 24.3 Å². The maximum Gasteiger partial charge on any atom is 0.274 e. The average molecular weight is 209 g/mol. The summed E-state index contributed by atoms with van der Waals surface area (Å²) in [4.78, 5) is 11.6. The third-order valence-electron chi connectivity index (χ3n) is 1.72. The van der Waals surface area contributed by atoms with Crippen LogP contribution >= 0.6 is 12.2 Å². The first-order valence-corrected chi connectivity index (χ1v) is 4.38. The number of carbonyl (C=O) groups is 1. The third kappa shape index (κ3) is 2.27. The minimum absolute atomic E-state index is 0.142. The first-order valence-electron chi connectivity index (χ1n) is 3.97. The molecule has 0 fully saturated rings. The molecule has 0 unspecified atom stereocenters. The number of nitrogens with two attached hydrogens (primary N) is 2. The van der Waals surface area contributed by atoms with Crippen LogP contribution in [0, 0.1) is 6.92 Å². The largest absolute Gasteiger partial charge is 0.375 e. The molecule has 1 aromatic carbocycles. The molecule has 14 heavy (non-hydrogen) atoms. The molecule has 4 nitrogen and oxygen atoms in total. The topological polar surface area (TPSA) is 72.3 Å². The van der Waals surface area contributed by atoms with E-state index in [1.54, 1.807) is 18.2 Å². The molecule has 4 N–H and O–H groups in total. The molecule has 0 aliphatic carbocycles. The highest BCUT2D eigenvalue weighted by Crippen LogP contribution is 2.05. The molecule has 0 bridgehead atoms. The Hall–Kier alpha value is -1.46. The van der Waals surface area contributed by atoms with Crippen molar-refractivity contribution in [1.29, 1.82) is 0 Å². The molecule has 0 radical (unpaired) electrons. The van der Waals surface area contributed by atoms with Gasteiger partial charge in [0.2, 0.25) is 0 Å². The van der Waals surface area contributed by atoms with Crippen molar-refractivity contribution in [2.45, 2.75) is 6.92 Å². The van der Waals surface area contributed by atoms with Crippen LogP contribution in [0.1, 0.15) is 15.9 Å². The van der Waals surface area contributed by atoms with E-state index < -0.39 is 5.91 Å². The average Bonchev–Trinajstić information content (AvgIpc) is 2.15. The van der Waals surface area contributed by atoms with Gasteiger partial charge in [-0.2, -0.15) is 0 Å². The van der Waals surface area contributed by atoms with E-state index in [2.05, 4.69) is 12.2 Å². The van der Waals surface area contributed by atoms with Crippen LogP contribution < -0.4 is 11.6 Å². The smallest absolute Gasteiger partial charge is 0.274 e. The molecule has 1 rings (SSSR count). The van der Waals surface area contributed by atoms with Gasteiger partial charge in [-0.25, -0.2) is 10.9 Å². The summed E-state index contributed by atoms with van der Waals surface area (Å²) >= 11 is 4.59. The highest BCUT2D eigenvalue weighted by Gasteiger charge is 2.13. The van der Waals surface area contributed by atoms with E-state index in [9.17, 15) is 4.79 Å². The Morgan fingerprint density at radius 2 is 2.14 bits per heavy atom. The summed E-state index contributed by atoms with van der Waals surface area (Å²) in [5.74, 6) is 4.96. The number of hydrogen-bond acceptors (Lipinski definition) is 3. The summed E-state index contributed by atoms with van der Waals surface area (Å²) in [5, 5.41) is 0.612. The number of hydrazine groups is 1. The summed E-state index contributed by atoms with van der Waals surface area (Å²) < 4.78 is 0. The molecule has 74 valence electrons. The Labute approximate surface area is 87.5 Å². The van der Waals surface area contributed by atoms with E-state index in [1.165, 1.54) is 0 Å². The van der Waals surface area contributed by atoms with Crippen LogP contribution in [0.25, 0.3) is 0 Å². The van der Waals surface area contributed by atoms with E-state index in [-0.39, 0.29) is 5.11 Å². The van der Waals surface area contributed by atoms with Crippen molar-refractivity contribution in [3.05, 3.63) is 35.4 Å². The Morgan fingerprint density at radius 1 is 1.50 bits per heavy atom. The van der Waals surface area contributed by atoms with Crippen molar-refractivity contribution in [2.75, 3.05) is 0 Å². The molecule has 0 aliphatic heterocycles. The van der Waals surface area contributed by atoms with E-state index >= 15 is 0 Å². The lowest BCUT2D eigenvalue weighted by atomic mass is 10.1. The predicted molar refractivity (Wildman–Crippen MR) is 58.3 cm³/mol. The summed E-state index contributed by atoms with van der Waals surface area (Å²) in [6.45, 7) is 1.89. The van der Waals surface area contributed by atoms with Crippen molar-refractivity contribution in [2.24, 2.45) is 11.6 Å². The fourth-order valence-electron chi connectivity index (χ4n) is 1.02. The Bertz CT molecular complexity index is 378. The van der Waals surface area contributed by atoms with Gasteiger partial charge in [0.05, 0.1) is 0 Å². The lowest BCUT2D eigenvalue weighted by Crippen LogP contribution is -2.45. The minimum atomic E-state index is -0.402. The predicted octanol–water partition coefficient (Wildman–Crippen LogP) is 0.555. The fourth-order valence-corrected chi connectivity index (χ4v) is 1.10. The number of amides is 1. The van der Waals surface area contributed by atoms with Crippen molar-refractivity contribution >= 4 is 23.2 Å². The lowest BCUT2D eigenvalue weighted by molar-refractivity contribution is 0.0848. The second-order valence-corrected chi connectivity index (χ2v) is 3.30. The van der Waals surface area contributed by atoms with E-state index in [0.717, 1.165) is 10.6 Å². The molecule has 0 aromatic heterocycles. The van der Waals surface area contributed by atoms with E-state index in [4.69, 9.17) is 11.6 Å². The van der Waals surface area contributed by atoms with Gasteiger partial charge in [-0.05, 0) is 31.3 Å². The fraction of sp³-hybridized carbons (Fsp3) is 0.111. The van der Waals surface area contributed by atoms with Gasteiger partial charge in [-0.3, -0.25) is 4.79 Å². The first-order chi connectivity index (χ1) is 6.52. The second kappa shape index (κ2) is 4.17. The molecule has 5 heteroatoms. The van der Waals surface area contributed by atoms with Gasteiger partial charge in [0.1, 0.15) is 0 Å². The summed E-state index contributed by atoms with van der Waals surface area (Å²) in [6.07, 6.45) is 0. The zero-order chi connectivity index (χ0) is 10.7. The Kier molecular flexibility index (Phi) is 3.16. The molecular weight excluding hydrogens is 198 g/mol. The third-order valence-corrected chi connectivity index (χ3v) is 1.92. The van der Waals surface area contributed by atoms with Crippen LogP contribution in [0.3, 0.4) is 0 Å². The number of benzene rings is 1. The molecule has 1 amide bonds. The van der Waals surface area contributed by atoms with Crippen molar-refractivity contribution in [1.82, 2.24) is 5.01 Å².